The number of aliphatic carboxylic acids is 1. The number of fused-ring (bicyclic) bond motifs is 1. The summed E-state index contributed by atoms with van der Waals surface area (Å²) in [6.45, 7) is 2.47. The number of piperidine rings is 1. The molecule has 2 fully saturated rings. The Morgan fingerprint density at radius 1 is 1.06 bits per heavy atom. The van der Waals surface area contributed by atoms with Gasteiger partial charge in [-0.25, -0.2) is 0 Å². The Morgan fingerprint density at radius 2 is 1.83 bits per heavy atom. The number of rotatable bonds is 6. The quantitative estimate of drug-likeness (QED) is 0.738. The maximum atomic E-state index is 10.4. The van der Waals surface area contributed by atoms with Crippen molar-refractivity contribution in [2.75, 3.05) is 13.1 Å². The fourth-order valence-corrected chi connectivity index (χ4v) is 3.77. The number of hydrogen-bond acceptors (Lipinski definition) is 2. The van der Waals surface area contributed by atoms with Gasteiger partial charge in [-0.1, -0.05) is 19.3 Å². The minimum Gasteiger partial charge on any atom is -0.481 e. The average Bonchev–Trinajstić information content (AvgIpc) is 2.38. The van der Waals surface area contributed by atoms with Crippen LogP contribution in [0.3, 0.4) is 0 Å². The largest absolute Gasteiger partial charge is 0.481 e. The summed E-state index contributed by atoms with van der Waals surface area (Å²) < 4.78 is 0. The third-order valence-electron chi connectivity index (χ3n) is 4.69. The predicted octanol–water partition coefficient (Wildman–Crippen LogP) is 3.29. The summed E-state index contributed by atoms with van der Waals surface area (Å²) in [5.74, 6) is 0.312. The van der Waals surface area contributed by atoms with Crippen molar-refractivity contribution in [3.05, 3.63) is 0 Å². The summed E-state index contributed by atoms with van der Waals surface area (Å²) in [6, 6.07) is 0.854. The molecule has 3 heteroatoms. The van der Waals surface area contributed by atoms with Crippen LogP contribution < -0.4 is 0 Å². The minimum atomic E-state index is -0.652. The van der Waals surface area contributed by atoms with Crippen molar-refractivity contribution in [1.29, 1.82) is 0 Å². The van der Waals surface area contributed by atoms with Crippen LogP contribution in [-0.4, -0.2) is 35.1 Å². The molecule has 3 nitrogen and oxygen atoms in total. The van der Waals surface area contributed by atoms with Gasteiger partial charge in [0.1, 0.15) is 0 Å². The van der Waals surface area contributed by atoms with E-state index in [0.717, 1.165) is 24.8 Å². The van der Waals surface area contributed by atoms with Gasteiger partial charge in [-0.3, -0.25) is 4.79 Å². The molecule has 1 N–H and O–H groups in total. The van der Waals surface area contributed by atoms with E-state index in [4.69, 9.17) is 5.11 Å². The molecule has 1 saturated carbocycles. The molecule has 2 rings (SSSR count). The highest BCUT2D eigenvalue weighted by atomic mass is 16.4. The fraction of sp³-hybridized carbons (Fsp3) is 0.933. The van der Waals surface area contributed by atoms with Gasteiger partial charge >= 0.3 is 5.97 Å². The Kier molecular flexibility index (Phi) is 5.48. The molecule has 18 heavy (non-hydrogen) atoms. The zero-order chi connectivity index (χ0) is 12.8. The van der Waals surface area contributed by atoms with E-state index in [2.05, 4.69) is 4.90 Å². The van der Waals surface area contributed by atoms with Crippen LogP contribution in [0.4, 0.5) is 0 Å². The second-order valence-electron chi connectivity index (χ2n) is 5.99. The number of carboxylic acid groups (broad SMARTS) is 1. The molecular formula is C15H27NO2. The zero-order valence-corrected chi connectivity index (χ0v) is 11.4. The molecule has 2 aliphatic rings. The number of unbranched alkanes of at least 4 members (excludes halogenated alkanes) is 2. The van der Waals surface area contributed by atoms with Crippen molar-refractivity contribution >= 4 is 5.97 Å². The van der Waals surface area contributed by atoms with Gasteiger partial charge in [0.05, 0.1) is 0 Å². The van der Waals surface area contributed by atoms with Crippen LogP contribution >= 0.6 is 0 Å². The van der Waals surface area contributed by atoms with Crippen molar-refractivity contribution in [3.8, 4) is 0 Å². The Morgan fingerprint density at radius 3 is 2.67 bits per heavy atom. The van der Waals surface area contributed by atoms with Crippen LogP contribution in [0.1, 0.15) is 64.2 Å². The molecule has 0 aromatic heterocycles. The van der Waals surface area contributed by atoms with Gasteiger partial charge in [0.15, 0.2) is 0 Å². The molecule has 1 aliphatic heterocycles. The highest BCUT2D eigenvalue weighted by Gasteiger charge is 2.32. The molecule has 0 amide bonds. The monoisotopic (exact) mass is 253 g/mol. The van der Waals surface area contributed by atoms with E-state index in [1.165, 1.54) is 58.0 Å². The van der Waals surface area contributed by atoms with Gasteiger partial charge in [0.2, 0.25) is 0 Å². The lowest BCUT2D eigenvalue weighted by molar-refractivity contribution is -0.137. The Hall–Kier alpha value is -0.570. The third-order valence-corrected chi connectivity index (χ3v) is 4.69. The first kappa shape index (κ1) is 13.9. The normalized spacial score (nSPS) is 28.9. The molecule has 1 saturated heterocycles. The third kappa shape index (κ3) is 3.98. The van der Waals surface area contributed by atoms with E-state index < -0.39 is 5.97 Å². The highest BCUT2D eigenvalue weighted by molar-refractivity contribution is 5.66. The fourth-order valence-electron chi connectivity index (χ4n) is 3.77. The van der Waals surface area contributed by atoms with Gasteiger partial charge in [-0.15, -0.1) is 0 Å². The van der Waals surface area contributed by atoms with E-state index in [-0.39, 0.29) is 0 Å². The maximum Gasteiger partial charge on any atom is 0.303 e. The highest BCUT2D eigenvalue weighted by Crippen LogP contribution is 2.35. The van der Waals surface area contributed by atoms with Crippen LogP contribution in [-0.2, 0) is 4.79 Å². The van der Waals surface area contributed by atoms with Crippen molar-refractivity contribution in [2.45, 2.75) is 70.3 Å². The van der Waals surface area contributed by atoms with E-state index in [9.17, 15) is 4.79 Å². The molecule has 2 unspecified atom stereocenters. The molecule has 0 aromatic carbocycles. The first-order valence-corrected chi connectivity index (χ1v) is 7.73. The molecule has 1 aliphatic carbocycles. The van der Waals surface area contributed by atoms with Gasteiger partial charge in [0, 0.05) is 12.5 Å². The summed E-state index contributed by atoms with van der Waals surface area (Å²) >= 11 is 0. The van der Waals surface area contributed by atoms with Crippen LogP contribution in [0.5, 0.6) is 0 Å². The molecule has 2 atom stereocenters. The van der Waals surface area contributed by atoms with E-state index in [1.807, 2.05) is 0 Å². The van der Waals surface area contributed by atoms with Crippen LogP contribution in [0.15, 0.2) is 0 Å². The zero-order valence-electron chi connectivity index (χ0n) is 11.4. The van der Waals surface area contributed by atoms with E-state index >= 15 is 0 Å². The van der Waals surface area contributed by atoms with E-state index in [0.29, 0.717) is 6.42 Å². The van der Waals surface area contributed by atoms with E-state index in [1.54, 1.807) is 0 Å². The second-order valence-corrected chi connectivity index (χ2v) is 5.99. The first-order valence-electron chi connectivity index (χ1n) is 7.73. The van der Waals surface area contributed by atoms with Gasteiger partial charge in [-0.05, 0) is 57.5 Å². The lowest BCUT2D eigenvalue weighted by atomic mass is 9.78. The number of carboxylic acids is 1. The Bertz CT molecular complexity index is 265. The molecule has 0 spiro atoms. The molecule has 104 valence electrons. The van der Waals surface area contributed by atoms with Crippen LogP contribution in [0.2, 0.25) is 0 Å². The summed E-state index contributed by atoms with van der Waals surface area (Å²) in [5.41, 5.74) is 0. The Labute approximate surface area is 111 Å². The number of hydrogen-bond donors (Lipinski definition) is 1. The first-order chi connectivity index (χ1) is 8.77. The van der Waals surface area contributed by atoms with Crippen molar-refractivity contribution in [3.63, 3.8) is 0 Å². The average molecular weight is 253 g/mol. The second kappa shape index (κ2) is 7.13. The lowest BCUT2D eigenvalue weighted by Crippen LogP contribution is -2.47. The summed E-state index contributed by atoms with van der Waals surface area (Å²) in [4.78, 5) is 13.1. The molecule has 1 heterocycles. The number of likely N-dealkylation sites (tertiary alicyclic amines) is 1. The summed E-state index contributed by atoms with van der Waals surface area (Å²) in [7, 11) is 0. The minimum absolute atomic E-state index is 0.339. The SMILES string of the molecule is O=C(O)CCCCCN1CCCC2CCCCC21. The molecule has 0 aromatic rings. The Balaban J connectivity index is 1.66. The topological polar surface area (TPSA) is 40.5 Å². The molecule has 0 bridgehead atoms. The van der Waals surface area contributed by atoms with Crippen LogP contribution in [0.25, 0.3) is 0 Å². The van der Waals surface area contributed by atoms with Gasteiger partial charge < -0.3 is 10.0 Å². The van der Waals surface area contributed by atoms with Gasteiger partial charge in [0.25, 0.3) is 0 Å². The maximum absolute atomic E-state index is 10.4. The number of nitrogens with zero attached hydrogens (tertiary/aromatic N) is 1. The molecule has 0 radical (unpaired) electrons. The van der Waals surface area contributed by atoms with Crippen molar-refractivity contribution in [2.24, 2.45) is 5.92 Å². The smallest absolute Gasteiger partial charge is 0.303 e. The number of carbonyl (C=O) groups is 1. The van der Waals surface area contributed by atoms with Crippen molar-refractivity contribution in [1.82, 2.24) is 4.90 Å². The van der Waals surface area contributed by atoms with Gasteiger partial charge in [-0.2, -0.15) is 0 Å². The van der Waals surface area contributed by atoms with Crippen LogP contribution in [0, 0.1) is 5.92 Å². The predicted molar refractivity (Wildman–Crippen MR) is 72.7 cm³/mol. The van der Waals surface area contributed by atoms with Crippen molar-refractivity contribution < 1.29 is 9.90 Å². The lowest BCUT2D eigenvalue weighted by Gasteiger charge is -2.44. The summed E-state index contributed by atoms with van der Waals surface area (Å²) in [5, 5.41) is 8.61. The molecular weight excluding hydrogens is 226 g/mol. The standard InChI is InChI=1S/C15H27NO2/c17-15(18)10-2-1-5-11-16-12-6-8-13-7-3-4-9-14(13)16/h13-14H,1-12H2,(H,17,18). The summed E-state index contributed by atoms with van der Waals surface area (Å²) in [6.07, 6.45) is 11.9.